The highest BCUT2D eigenvalue weighted by molar-refractivity contribution is 6.02. The second-order valence-corrected chi connectivity index (χ2v) is 9.48. The van der Waals surface area contributed by atoms with Gasteiger partial charge in [0.2, 0.25) is 0 Å². The predicted molar refractivity (Wildman–Crippen MR) is 125 cm³/mol. The number of fused-ring (bicyclic) bond motifs is 4. The molecule has 4 aromatic rings. The van der Waals surface area contributed by atoms with E-state index in [4.69, 9.17) is 9.72 Å². The molecule has 0 spiro atoms. The van der Waals surface area contributed by atoms with Crippen molar-refractivity contribution < 1.29 is 19.0 Å². The molecular formula is C24H24FN7O3. The Morgan fingerprint density at radius 1 is 1.29 bits per heavy atom. The smallest absolute Gasteiger partial charge is 0.257 e. The monoisotopic (exact) mass is 477 g/mol. The zero-order valence-electron chi connectivity index (χ0n) is 18.8. The van der Waals surface area contributed by atoms with Crippen molar-refractivity contribution in [1.29, 1.82) is 0 Å². The number of aliphatic hydroxyl groups excluding tert-OH is 1. The van der Waals surface area contributed by atoms with Crippen LogP contribution in [0.3, 0.4) is 0 Å². The molecule has 7 rings (SSSR count). The molecule has 0 bridgehead atoms. The van der Waals surface area contributed by atoms with Gasteiger partial charge >= 0.3 is 0 Å². The summed E-state index contributed by atoms with van der Waals surface area (Å²) < 4.78 is 23.5. The zero-order chi connectivity index (χ0) is 23.7. The summed E-state index contributed by atoms with van der Waals surface area (Å²) in [5.41, 5.74) is 2.87. The van der Waals surface area contributed by atoms with Crippen LogP contribution in [-0.2, 0) is 0 Å². The van der Waals surface area contributed by atoms with Crippen molar-refractivity contribution in [1.82, 2.24) is 29.5 Å². The summed E-state index contributed by atoms with van der Waals surface area (Å²) in [4.78, 5) is 22.5. The Bertz CT molecular complexity index is 1480. The second kappa shape index (κ2) is 7.64. The number of amides is 1. The topological polar surface area (TPSA) is 119 Å². The number of nitrogens with one attached hydrogen (secondary N) is 2. The average molecular weight is 478 g/mol. The van der Waals surface area contributed by atoms with Crippen molar-refractivity contribution in [2.45, 2.75) is 50.0 Å². The lowest BCUT2D eigenvalue weighted by Crippen LogP contribution is -2.48. The summed E-state index contributed by atoms with van der Waals surface area (Å²) in [6.45, 7) is 1.05. The maximum absolute atomic E-state index is 13.8. The van der Waals surface area contributed by atoms with Gasteiger partial charge in [0, 0.05) is 29.4 Å². The first-order valence-electron chi connectivity index (χ1n) is 12.0. The number of pyridine rings is 1. The zero-order valence-corrected chi connectivity index (χ0v) is 18.8. The van der Waals surface area contributed by atoms with Crippen molar-refractivity contribution in [2.75, 3.05) is 18.5 Å². The van der Waals surface area contributed by atoms with E-state index in [1.807, 2.05) is 18.3 Å². The number of aromatic nitrogens is 5. The van der Waals surface area contributed by atoms with Gasteiger partial charge in [-0.25, -0.2) is 14.4 Å². The van der Waals surface area contributed by atoms with E-state index in [0.717, 1.165) is 16.6 Å². The fourth-order valence-electron chi connectivity index (χ4n) is 5.14. The molecule has 3 aliphatic rings. The molecule has 2 aliphatic carbocycles. The van der Waals surface area contributed by atoms with E-state index in [-0.39, 0.29) is 17.7 Å². The van der Waals surface area contributed by atoms with Crippen LogP contribution in [0.5, 0.6) is 5.75 Å². The molecule has 11 heteroatoms. The molecule has 3 N–H and O–H groups in total. The Morgan fingerprint density at radius 2 is 2.17 bits per heavy atom. The molecule has 2 atom stereocenters. The number of anilines is 1. The molecule has 5 heterocycles. The maximum Gasteiger partial charge on any atom is 0.257 e. The van der Waals surface area contributed by atoms with Gasteiger partial charge in [0.05, 0.1) is 24.9 Å². The van der Waals surface area contributed by atoms with Crippen LogP contribution in [0.2, 0.25) is 0 Å². The van der Waals surface area contributed by atoms with Gasteiger partial charge in [-0.1, -0.05) is 0 Å². The second-order valence-electron chi connectivity index (χ2n) is 9.48. The minimum absolute atomic E-state index is 0.155. The fourth-order valence-corrected chi connectivity index (χ4v) is 5.14. The number of alkyl halides is 1. The van der Waals surface area contributed by atoms with Gasteiger partial charge in [0.1, 0.15) is 29.7 Å². The number of carbonyl (C=O) groups is 1. The summed E-state index contributed by atoms with van der Waals surface area (Å²) in [6.07, 6.45) is 6.33. The summed E-state index contributed by atoms with van der Waals surface area (Å²) in [5, 5.41) is 21.3. The van der Waals surface area contributed by atoms with E-state index in [0.29, 0.717) is 61.7 Å². The molecule has 1 unspecified atom stereocenters. The summed E-state index contributed by atoms with van der Waals surface area (Å²) in [7, 11) is 0. The number of carbonyl (C=O) groups excluding carboxylic acids is 1. The maximum atomic E-state index is 13.8. The highest BCUT2D eigenvalue weighted by atomic mass is 19.1. The first-order valence-corrected chi connectivity index (χ1v) is 12.0. The summed E-state index contributed by atoms with van der Waals surface area (Å²) in [5.74, 6) is 0.777. The molecule has 2 fully saturated rings. The van der Waals surface area contributed by atoms with Crippen LogP contribution < -0.4 is 15.4 Å². The Kier molecular flexibility index (Phi) is 4.50. The lowest BCUT2D eigenvalue weighted by atomic mass is 9.89. The van der Waals surface area contributed by atoms with Crippen molar-refractivity contribution in [2.24, 2.45) is 0 Å². The molecule has 2 saturated carbocycles. The largest absolute Gasteiger partial charge is 0.486 e. The minimum atomic E-state index is -1.02. The van der Waals surface area contributed by atoms with Crippen LogP contribution in [0, 0.1) is 0 Å². The van der Waals surface area contributed by atoms with Crippen LogP contribution in [0.1, 0.15) is 42.1 Å². The first-order chi connectivity index (χ1) is 17.1. The van der Waals surface area contributed by atoms with E-state index < -0.39 is 18.1 Å². The number of hydrogen-bond acceptors (Lipinski definition) is 7. The number of nitrogens with zero attached hydrogens (tertiary/aromatic N) is 5. The van der Waals surface area contributed by atoms with Gasteiger partial charge in [0.25, 0.3) is 5.91 Å². The predicted octanol–water partition coefficient (Wildman–Crippen LogP) is 2.48. The molecule has 35 heavy (non-hydrogen) atoms. The number of rotatable bonds is 4. The molecule has 180 valence electrons. The fraction of sp³-hybridized carbons (Fsp3) is 0.417. The number of halogens is 1. The van der Waals surface area contributed by atoms with Gasteiger partial charge in [-0.15, -0.1) is 0 Å². The van der Waals surface area contributed by atoms with Gasteiger partial charge in [-0.05, 0) is 37.8 Å². The normalized spacial score (nSPS) is 25.3. The van der Waals surface area contributed by atoms with Gasteiger partial charge in [-0.3, -0.25) is 4.79 Å². The summed E-state index contributed by atoms with van der Waals surface area (Å²) in [6, 6.07) is 3.54. The van der Waals surface area contributed by atoms with E-state index in [9.17, 15) is 14.3 Å². The third kappa shape index (κ3) is 3.10. The third-order valence-electron chi connectivity index (χ3n) is 7.32. The SMILES string of the molecule is O=C(NC1CC[C@@H]1F)c1cnn2c3c(c(-c4cn([C@H]5C[C@H](O)C5)c5ncccc45)nc12)OCCN3. The van der Waals surface area contributed by atoms with Gasteiger partial charge in [0.15, 0.2) is 17.2 Å². The highest BCUT2D eigenvalue weighted by Crippen LogP contribution is 2.43. The third-order valence-corrected chi connectivity index (χ3v) is 7.32. The van der Waals surface area contributed by atoms with Gasteiger partial charge in [-0.2, -0.15) is 9.61 Å². The van der Waals surface area contributed by atoms with E-state index in [1.165, 1.54) is 6.20 Å². The molecule has 10 nitrogen and oxygen atoms in total. The number of hydrogen-bond donors (Lipinski definition) is 3. The van der Waals surface area contributed by atoms with E-state index >= 15 is 0 Å². The molecule has 1 amide bonds. The molecule has 0 saturated heterocycles. The van der Waals surface area contributed by atoms with Gasteiger partial charge < -0.3 is 25.0 Å². The summed E-state index contributed by atoms with van der Waals surface area (Å²) >= 11 is 0. The Hall–Kier alpha value is -3.73. The highest BCUT2D eigenvalue weighted by Gasteiger charge is 2.34. The standard InChI is InChI=1S/C24H24FN7O3/c25-17-3-4-18(17)29-24(34)15-10-28-32-22(15)30-19(20-23(32)27-6-7-35-20)16-11-31(12-8-13(33)9-12)21-14(16)2-1-5-26-21/h1-2,5,10-13,17-18,27,33H,3-4,6-9H2,(H,29,34)/t12-,13-,17-,18?/m0/s1. The average Bonchev–Trinajstić information content (AvgIpc) is 3.46. The molecule has 0 radical (unpaired) electrons. The number of ether oxygens (including phenoxy) is 1. The van der Waals surface area contributed by atoms with Crippen molar-refractivity contribution >= 4 is 28.4 Å². The minimum Gasteiger partial charge on any atom is -0.486 e. The quantitative estimate of drug-likeness (QED) is 0.413. The van der Waals surface area contributed by atoms with Crippen molar-refractivity contribution in [3.63, 3.8) is 0 Å². The Labute approximate surface area is 199 Å². The van der Waals surface area contributed by atoms with Crippen molar-refractivity contribution in [3.05, 3.63) is 36.3 Å². The van der Waals surface area contributed by atoms with Crippen molar-refractivity contribution in [3.8, 4) is 17.0 Å². The molecule has 4 aromatic heterocycles. The molecule has 0 aromatic carbocycles. The molecular weight excluding hydrogens is 453 g/mol. The first kappa shape index (κ1) is 20.6. The van der Waals surface area contributed by atoms with Crippen LogP contribution in [0.4, 0.5) is 10.2 Å². The van der Waals surface area contributed by atoms with Crippen LogP contribution in [-0.4, -0.2) is 66.6 Å². The lowest BCUT2D eigenvalue weighted by Gasteiger charge is -2.32. The lowest BCUT2D eigenvalue weighted by molar-refractivity contribution is 0.0501. The van der Waals surface area contributed by atoms with Crippen LogP contribution in [0.15, 0.2) is 30.7 Å². The van der Waals surface area contributed by atoms with Crippen LogP contribution >= 0.6 is 0 Å². The number of aliphatic hydroxyl groups is 1. The van der Waals surface area contributed by atoms with E-state index in [1.54, 1.807) is 10.7 Å². The van der Waals surface area contributed by atoms with E-state index in [2.05, 4.69) is 25.3 Å². The Morgan fingerprint density at radius 3 is 2.94 bits per heavy atom. The van der Waals surface area contributed by atoms with Crippen LogP contribution in [0.25, 0.3) is 27.9 Å². The Balaban J connectivity index is 1.40. The molecule has 1 aliphatic heterocycles.